The molecule has 1 aromatic heterocycles. The van der Waals surface area contributed by atoms with Gasteiger partial charge in [-0.15, -0.1) is 5.10 Å². The van der Waals surface area contributed by atoms with Crippen molar-refractivity contribution in [2.45, 2.75) is 0 Å². The van der Waals surface area contributed by atoms with Crippen LogP contribution in [-0.4, -0.2) is 16.1 Å². The molecule has 3 rings (SSSR count). The molecule has 5 nitrogen and oxygen atoms in total. The van der Waals surface area contributed by atoms with E-state index in [0.717, 1.165) is 12.1 Å². The van der Waals surface area contributed by atoms with E-state index >= 15 is 0 Å². The molecule has 1 heterocycles. The predicted octanol–water partition coefficient (Wildman–Crippen LogP) is 4.57. The van der Waals surface area contributed by atoms with Crippen LogP contribution in [0.25, 0.3) is 11.5 Å². The largest absolute Gasteiger partial charge is 0.403 e. The highest BCUT2D eigenvalue weighted by Gasteiger charge is 2.16. The molecular weight excluding hydrogens is 363 g/mol. The Hall–Kier alpha value is -2.51. The van der Waals surface area contributed by atoms with Crippen LogP contribution < -0.4 is 5.32 Å². The van der Waals surface area contributed by atoms with E-state index in [4.69, 9.17) is 27.6 Å². The van der Waals surface area contributed by atoms with Gasteiger partial charge in [-0.1, -0.05) is 28.3 Å². The van der Waals surface area contributed by atoms with Crippen molar-refractivity contribution in [3.63, 3.8) is 0 Å². The van der Waals surface area contributed by atoms with Crippen molar-refractivity contribution < 1.29 is 18.0 Å². The van der Waals surface area contributed by atoms with E-state index in [1.54, 1.807) is 0 Å². The Kier molecular flexibility index (Phi) is 4.46. The van der Waals surface area contributed by atoms with Gasteiger partial charge in [0, 0.05) is 21.7 Å². The van der Waals surface area contributed by atoms with Gasteiger partial charge in [0.1, 0.15) is 11.6 Å². The summed E-state index contributed by atoms with van der Waals surface area (Å²) in [6, 6.07) is 6.91. The Bertz CT molecular complexity index is 911. The minimum Gasteiger partial charge on any atom is -0.403 e. The summed E-state index contributed by atoms with van der Waals surface area (Å²) in [5.41, 5.74) is 0.0930. The zero-order valence-corrected chi connectivity index (χ0v) is 13.2. The molecule has 0 unspecified atom stereocenters. The zero-order valence-electron chi connectivity index (χ0n) is 11.7. The monoisotopic (exact) mass is 369 g/mol. The first-order valence-corrected chi connectivity index (χ1v) is 7.24. The highest BCUT2D eigenvalue weighted by molar-refractivity contribution is 6.35. The highest BCUT2D eigenvalue weighted by Crippen LogP contribution is 2.24. The van der Waals surface area contributed by atoms with Gasteiger partial charge < -0.3 is 4.42 Å². The molecule has 0 aliphatic rings. The fourth-order valence-corrected chi connectivity index (χ4v) is 2.43. The third kappa shape index (κ3) is 3.52. The van der Waals surface area contributed by atoms with Gasteiger partial charge in [-0.3, -0.25) is 10.1 Å². The van der Waals surface area contributed by atoms with E-state index in [1.807, 2.05) is 0 Å². The van der Waals surface area contributed by atoms with Gasteiger partial charge in [0.2, 0.25) is 0 Å². The number of benzene rings is 2. The quantitative estimate of drug-likeness (QED) is 0.733. The first kappa shape index (κ1) is 16.4. The van der Waals surface area contributed by atoms with Crippen LogP contribution in [0.15, 0.2) is 40.8 Å². The van der Waals surface area contributed by atoms with Crippen molar-refractivity contribution in [1.29, 1.82) is 0 Å². The van der Waals surface area contributed by atoms with Crippen LogP contribution in [0.1, 0.15) is 10.4 Å². The molecule has 3 aromatic rings. The first-order valence-electron chi connectivity index (χ1n) is 6.49. The lowest BCUT2D eigenvalue weighted by Gasteiger charge is -2.02. The van der Waals surface area contributed by atoms with Crippen molar-refractivity contribution in [2.75, 3.05) is 5.32 Å². The molecule has 2 aromatic carbocycles. The van der Waals surface area contributed by atoms with Gasteiger partial charge in [0.15, 0.2) is 0 Å². The minimum atomic E-state index is -0.863. The van der Waals surface area contributed by atoms with Crippen LogP contribution in [0.5, 0.6) is 0 Å². The summed E-state index contributed by atoms with van der Waals surface area (Å²) in [6.45, 7) is 0. The van der Waals surface area contributed by atoms with Gasteiger partial charge >= 0.3 is 6.01 Å². The molecule has 0 saturated carbocycles. The maximum absolute atomic E-state index is 13.7. The number of carbonyl (C=O) groups excluding carboxylic acids is 1. The SMILES string of the molecule is O=C(Nc1nnc(-c2ccc(F)cc2F)o1)c1cc(Cl)cc(Cl)c1. The van der Waals surface area contributed by atoms with E-state index in [1.165, 1.54) is 18.2 Å². The Morgan fingerprint density at radius 1 is 1.04 bits per heavy atom. The summed E-state index contributed by atoms with van der Waals surface area (Å²) < 4.78 is 31.7. The number of anilines is 1. The normalized spacial score (nSPS) is 10.7. The van der Waals surface area contributed by atoms with Crippen molar-refractivity contribution >= 4 is 35.1 Å². The molecular formula is C15H7Cl2F2N3O2. The average Bonchev–Trinajstić information content (AvgIpc) is 2.94. The molecule has 1 amide bonds. The van der Waals surface area contributed by atoms with E-state index in [2.05, 4.69) is 15.5 Å². The zero-order chi connectivity index (χ0) is 17.3. The minimum absolute atomic E-state index is 0.0878. The number of nitrogens with zero attached hydrogens (tertiary/aromatic N) is 2. The number of amides is 1. The summed E-state index contributed by atoms with van der Waals surface area (Å²) >= 11 is 11.6. The maximum Gasteiger partial charge on any atom is 0.322 e. The second-order valence-corrected chi connectivity index (χ2v) is 5.52. The van der Waals surface area contributed by atoms with Crippen LogP contribution in [0.2, 0.25) is 10.0 Å². The third-order valence-corrected chi connectivity index (χ3v) is 3.37. The van der Waals surface area contributed by atoms with Crippen LogP contribution in [0.4, 0.5) is 14.8 Å². The summed E-state index contributed by atoms with van der Waals surface area (Å²) in [4.78, 5) is 12.1. The second-order valence-electron chi connectivity index (χ2n) is 4.65. The number of nitrogens with one attached hydrogen (secondary N) is 1. The smallest absolute Gasteiger partial charge is 0.322 e. The van der Waals surface area contributed by atoms with Crippen LogP contribution in [0.3, 0.4) is 0 Å². The first-order chi connectivity index (χ1) is 11.4. The molecule has 9 heteroatoms. The highest BCUT2D eigenvalue weighted by atomic mass is 35.5. The summed E-state index contributed by atoms with van der Waals surface area (Å²) in [6.07, 6.45) is 0. The number of carbonyl (C=O) groups is 1. The number of halogens is 4. The third-order valence-electron chi connectivity index (χ3n) is 2.93. The van der Waals surface area contributed by atoms with Crippen molar-refractivity contribution in [3.05, 3.63) is 63.6 Å². The molecule has 0 aliphatic carbocycles. The Morgan fingerprint density at radius 3 is 2.42 bits per heavy atom. The number of hydrogen-bond donors (Lipinski definition) is 1. The average molecular weight is 370 g/mol. The number of aromatic nitrogens is 2. The molecule has 0 fully saturated rings. The van der Waals surface area contributed by atoms with Crippen LogP contribution in [0, 0.1) is 11.6 Å². The molecule has 0 spiro atoms. The molecule has 0 atom stereocenters. The van der Waals surface area contributed by atoms with Gasteiger partial charge in [-0.05, 0) is 30.3 Å². The van der Waals surface area contributed by atoms with E-state index in [9.17, 15) is 13.6 Å². The molecule has 0 aliphatic heterocycles. The summed E-state index contributed by atoms with van der Waals surface area (Å²) in [5.74, 6) is -2.39. The topological polar surface area (TPSA) is 68.0 Å². The van der Waals surface area contributed by atoms with Crippen molar-refractivity contribution in [1.82, 2.24) is 10.2 Å². The fraction of sp³-hybridized carbons (Fsp3) is 0. The van der Waals surface area contributed by atoms with Gasteiger partial charge in [-0.2, -0.15) is 0 Å². The predicted molar refractivity (Wildman–Crippen MR) is 84.1 cm³/mol. The summed E-state index contributed by atoms with van der Waals surface area (Å²) in [7, 11) is 0. The lowest BCUT2D eigenvalue weighted by molar-refractivity contribution is 0.102. The van der Waals surface area contributed by atoms with Gasteiger partial charge in [0.25, 0.3) is 11.8 Å². The van der Waals surface area contributed by atoms with Crippen LogP contribution in [-0.2, 0) is 0 Å². The summed E-state index contributed by atoms with van der Waals surface area (Å²) in [5, 5.41) is 10.1. The lowest BCUT2D eigenvalue weighted by Crippen LogP contribution is -2.12. The molecule has 24 heavy (non-hydrogen) atoms. The number of rotatable bonds is 3. The molecule has 0 saturated heterocycles. The fourth-order valence-electron chi connectivity index (χ4n) is 1.90. The maximum atomic E-state index is 13.7. The number of hydrogen-bond acceptors (Lipinski definition) is 4. The molecule has 1 N–H and O–H groups in total. The van der Waals surface area contributed by atoms with Crippen molar-refractivity contribution in [2.24, 2.45) is 0 Å². The molecule has 122 valence electrons. The lowest BCUT2D eigenvalue weighted by atomic mass is 10.2. The van der Waals surface area contributed by atoms with E-state index in [0.29, 0.717) is 6.07 Å². The van der Waals surface area contributed by atoms with Crippen molar-refractivity contribution in [3.8, 4) is 11.5 Å². The van der Waals surface area contributed by atoms with Gasteiger partial charge in [-0.25, -0.2) is 8.78 Å². The van der Waals surface area contributed by atoms with E-state index in [-0.39, 0.29) is 33.1 Å². The Labute approximate surface area is 144 Å². The van der Waals surface area contributed by atoms with Gasteiger partial charge in [0.05, 0.1) is 5.56 Å². The van der Waals surface area contributed by atoms with E-state index < -0.39 is 17.5 Å². The Morgan fingerprint density at radius 2 is 1.75 bits per heavy atom. The second kappa shape index (κ2) is 6.54. The molecule has 0 radical (unpaired) electrons. The standard InChI is InChI=1S/C15H7Cl2F2N3O2/c16-8-3-7(4-9(17)5-8)13(23)20-15-22-21-14(24-15)11-2-1-10(18)6-12(11)19/h1-6H,(H,20,22,23). The van der Waals surface area contributed by atoms with Crippen LogP contribution >= 0.6 is 23.2 Å². The molecule has 0 bridgehead atoms. The Balaban J connectivity index is 1.82.